The Bertz CT molecular complexity index is 544. The maximum absolute atomic E-state index is 8.35. The van der Waals surface area contributed by atoms with E-state index in [2.05, 4.69) is 67.6 Å². The summed E-state index contributed by atoms with van der Waals surface area (Å²) in [5.74, 6) is 0.591. The molecular formula is C17H18N2O2. The van der Waals surface area contributed by atoms with Gasteiger partial charge in [0.1, 0.15) is 0 Å². The summed E-state index contributed by atoms with van der Waals surface area (Å²) < 4.78 is 0. The average Bonchev–Trinajstić information content (AvgIpc) is 2.51. The molecule has 1 unspecified atom stereocenters. The molecule has 4 heteroatoms. The van der Waals surface area contributed by atoms with E-state index in [-0.39, 0.29) is 0 Å². The van der Waals surface area contributed by atoms with Gasteiger partial charge in [-0.05, 0) is 23.5 Å². The Morgan fingerprint density at radius 1 is 0.857 bits per heavy atom. The van der Waals surface area contributed by atoms with E-state index in [4.69, 9.17) is 20.4 Å². The third kappa shape index (κ3) is 8.84. The van der Waals surface area contributed by atoms with Gasteiger partial charge >= 0.3 is 0 Å². The Morgan fingerprint density at radius 3 is 1.67 bits per heavy atom. The molecule has 0 bridgehead atoms. The zero-order valence-electron chi connectivity index (χ0n) is 11.9. The van der Waals surface area contributed by atoms with Crippen molar-refractivity contribution in [2.24, 2.45) is 0 Å². The average molecular weight is 282 g/mol. The van der Waals surface area contributed by atoms with Crippen LogP contribution in [0, 0.1) is 10.8 Å². The minimum absolute atomic E-state index is 0.591. The molecular weight excluding hydrogens is 264 g/mol. The lowest BCUT2D eigenvalue weighted by Crippen LogP contribution is -1.97. The van der Waals surface area contributed by atoms with Gasteiger partial charge in [-0.2, -0.15) is 0 Å². The molecule has 0 amide bonds. The quantitative estimate of drug-likeness (QED) is 0.662. The van der Waals surface area contributed by atoms with Crippen LogP contribution in [0.25, 0.3) is 0 Å². The zero-order chi connectivity index (χ0) is 15.9. The number of isocyanates is 2. The fourth-order valence-electron chi connectivity index (χ4n) is 1.87. The van der Waals surface area contributed by atoms with Crippen molar-refractivity contribution < 1.29 is 9.59 Å². The lowest BCUT2D eigenvalue weighted by Gasteiger charge is -2.11. The molecule has 0 saturated carbocycles. The van der Waals surface area contributed by atoms with Crippen molar-refractivity contribution >= 4 is 12.2 Å². The van der Waals surface area contributed by atoms with Crippen molar-refractivity contribution in [1.82, 2.24) is 0 Å². The van der Waals surface area contributed by atoms with Crippen LogP contribution in [-0.2, 0) is 16.0 Å². The maximum Gasteiger partial charge on any atom is 0.231 e. The molecule has 2 N–H and O–H groups in total. The lowest BCUT2D eigenvalue weighted by molar-refractivity contribution is 0.562. The smallest absolute Gasteiger partial charge is 0.222 e. The maximum atomic E-state index is 8.35. The molecule has 2 aromatic carbocycles. The van der Waals surface area contributed by atoms with Crippen molar-refractivity contribution in [2.75, 3.05) is 0 Å². The summed E-state index contributed by atoms with van der Waals surface area (Å²) in [7, 11) is 0. The molecule has 0 spiro atoms. The number of carbonyl (C=O) groups excluding carboxylic acids is 2. The van der Waals surface area contributed by atoms with E-state index in [0.717, 1.165) is 18.6 Å². The molecule has 21 heavy (non-hydrogen) atoms. The van der Waals surface area contributed by atoms with E-state index in [1.54, 1.807) is 0 Å². The minimum atomic E-state index is 0.591. The number of hydrogen-bond donors (Lipinski definition) is 2. The van der Waals surface area contributed by atoms with Gasteiger partial charge in [-0.15, -0.1) is 0 Å². The molecule has 4 nitrogen and oxygen atoms in total. The van der Waals surface area contributed by atoms with Crippen molar-refractivity contribution in [3.05, 3.63) is 71.8 Å². The lowest BCUT2D eigenvalue weighted by atomic mass is 9.94. The van der Waals surface area contributed by atoms with E-state index in [0.29, 0.717) is 5.92 Å². The van der Waals surface area contributed by atoms with Crippen LogP contribution in [0.2, 0.25) is 0 Å². The highest BCUT2D eigenvalue weighted by atomic mass is 16.1. The van der Waals surface area contributed by atoms with E-state index < -0.39 is 0 Å². The van der Waals surface area contributed by atoms with E-state index >= 15 is 0 Å². The highest BCUT2D eigenvalue weighted by molar-refractivity contribution is 5.26. The predicted molar refractivity (Wildman–Crippen MR) is 81.8 cm³/mol. The summed E-state index contributed by atoms with van der Waals surface area (Å²) >= 11 is 0. The number of benzene rings is 2. The summed E-state index contributed by atoms with van der Waals surface area (Å²) in [4.78, 5) is 16.7. The highest BCUT2D eigenvalue weighted by Gasteiger charge is 2.04. The Balaban J connectivity index is 0.000000578. The molecule has 1 atom stereocenters. The Labute approximate surface area is 124 Å². The molecule has 0 aromatic heterocycles. The molecule has 0 aliphatic rings. The number of rotatable bonds is 3. The first kappa shape index (κ1) is 18.2. The van der Waals surface area contributed by atoms with Crippen molar-refractivity contribution in [3.8, 4) is 0 Å². The van der Waals surface area contributed by atoms with Gasteiger partial charge in [0.15, 0.2) is 0 Å². The summed E-state index contributed by atoms with van der Waals surface area (Å²) in [6.45, 7) is 2.28. The van der Waals surface area contributed by atoms with Crippen molar-refractivity contribution in [1.29, 1.82) is 10.8 Å². The fraction of sp³-hybridized carbons (Fsp3) is 0.176. The molecule has 0 aliphatic heterocycles. The summed E-state index contributed by atoms with van der Waals surface area (Å²) in [5.41, 5.74) is 2.83. The van der Waals surface area contributed by atoms with Crippen LogP contribution < -0.4 is 0 Å². The molecule has 0 heterocycles. The predicted octanol–water partition coefficient (Wildman–Crippen LogP) is 3.83. The SMILES string of the molecule is CC(Cc1ccccc1)c1ccccc1.N=C=O.N=C=O. The van der Waals surface area contributed by atoms with Crippen LogP contribution in [0.1, 0.15) is 24.0 Å². The molecule has 2 aromatic rings. The molecule has 0 radical (unpaired) electrons. The standard InChI is InChI=1S/C15H16.2CHNO/c1-13(15-10-6-3-7-11-15)12-14-8-4-2-5-9-14;2*2-1-3/h2-11,13H,12H2,1H3;2*2H. The molecule has 0 fully saturated rings. The Kier molecular flexibility index (Phi) is 10.6. The van der Waals surface area contributed by atoms with E-state index in [1.165, 1.54) is 11.1 Å². The second-order valence-corrected chi connectivity index (χ2v) is 4.21. The van der Waals surface area contributed by atoms with Crippen molar-refractivity contribution in [3.63, 3.8) is 0 Å². The fourth-order valence-corrected chi connectivity index (χ4v) is 1.87. The van der Waals surface area contributed by atoms with Gasteiger partial charge in [0, 0.05) is 0 Å². The highest BCUT2D eigenvalue weighted by Crippen LogP contribution is 2.19. The second kappa shape index (κ2) is 12.2. The summed E-state index contributed by atoms with van der Waals surface area (Å²) in [5, 5.41) is 10.8. The van der Waals surface area contributed by atoms with Crippen molar-refractivity contribution in [2.45, 2.75) is 19.3 Å². The van der Waals surface area contributed by atoms with Crippen LogP contribution in [0.3, 0.4) is 0 Å². The Hall–Kier alpha value is -2.80. The van der Waals surface area contributed by atoms with Gasteiger partial charge < -0.3 is 0 Å². The second-order valence-electron chi connectivity index (χ2n) is 4.21. The van der Waals surface area contributed by atoms with Crippen LogP contribution in [-0.4, -0.2) is 12.2 Å². The zero-order valence-corrected chi connectivity index (χ0v) is 11.9. The minimum Gasteiger partial charge on any atom is -0.222 e. The topological polar surface area (TPSA) is 81.8 Å². The summed E-state index contributed by atoms with van der Waals surface area (Å²) in [6, 6.07) is 21.4. The van der Waals surface area contributed by atoms with E-state index in [9.17, 15) is 0 Å². The van der Waals surface area contributed by atoms with Gasteiger partial charge in [-0.25, -0.2) is 20.4 Å². The number of nitrogens with one attached hydrogen (secondary N) is 2. The van der Waals surface area contributed by atoms with Gasteiger partial charge in [-0.3, -0.25) is 0 Å². The Morgan fingerprint density at radius 2 is 1.24 bits per heavy atom. The first-order valence-corrected chi connectivity index (χ1v) is 6.36. The van der Waals surface area contributed by atoms with Gasteiger partial charge in [0.2, 0.25) is 12.2 Å². The largest absolute Gasteiger partial charge is 0.231 e. The molecule has 2 rings (SSSR count). The third-order valence-electron chi connectivity index (χ3n) is 2.75. The van der Waals surface area contributed by atoms with Crippen LogP contribution in [0.5, 0.6) is 0 Å². The van der Waals surface area contributed by atoms with Crippen LogP contribution in [0.15, 0.2) is 60.7 Å². The first-order valence-electron chi connectivity index (χ1n) is 6.36. The van der Waals surface area contributed by atoms with Gasteiger partial charge in [-0.1, -0.05) is 67.6 Å². The molecule has 108 valence electrons. The normalized spacial score (nSPS) is 9.57. The molecule has 0 aliphatic carbocycles. The monoisotopic (exact) mass is 282 g/mol. The van der Waals surface area contributed by atoms with Crippen LogP contribution in [0.4, 0.5) is 0 Å². The summed E-state index contributed by atoms with van der Waals surface area (Å²) in [6.07, 6.45) is 2.62. The van der Waals surface area contributed by atoms with Crippen LogP contribution >= 0.6 is 0 Å². The third-order valence-corrected chi connectivity index (χ3v) is 2.75. The van der Waals surface area contributed by atoms with E-state index in [1.807, 2.05) is 0 Å². The van der Waals surface area contributed by atoms with Gasteiger partial charge in [0.05, 0.1) is 0 Å². The number of hydrogen-bond acceptors (Lipinski definition) is 4. The first-order chi connectivity index (χ1) is 10.2. The molecule has 0 saturated heterocycles. The van der Waals surface area contributed by atoms with Gasteiger partial charge in [0.25, 0.3) is 0 Å².